The molecule has 0 saturated carbocycles. The predicted octanol–water partition coefficient (Wildman–Crippen LogP) is 1.11. The molecule has 1 aromatic rings. The minimum Gasteiger partial charge on any atom is -0.480 e. The number of aliphatic carboxylic acids is 1. The van der Waals surface area contributed by atoms with Crippen LogP contribution in [0.3, 0.4) is 0 Å². The third kappa shape index (κ3) is 3.25. The van der Waals surface area contributed by atoms with Crippen LogP contribution in [-0.2, 0) is 9.53 Å². The van der Waals surface area contributed by atoms with Crippen molar-refractivity contribution in [3.8, 4) is 0 Å². The Hall–Kier alpha value is -1.95. The number of hydrogen-bond donors (Lipinski definition) is 1. The molecule has 92 valence electrons. The summed E-state index contributed by atoms with van der Waals surface area (Å²) in [7, 11) is 1.23. The summed E-state index contributed by atoms with van der Waals surface area (Å²) in [5, 5.41) is 8.42. The first-order valence-electron chi connectivity index (χ1n) is 4.84. The maximum Gasteiger partial charge on any atom is 0.331 e. The summed E-state index contributed by atoms with van der Waals surface area (Å²) >= 11 is 0. The number of carboxylic acids is 1. The number of ether oxygens (including phenoxy) is 1. The average molecular weight is 241 g/mol. The van der Waals surface area contributed by atoms with Gasteiger partial charge in [-0.1, -0.05) is 22.7 Å². The molecular weight excluding hydrogens is 229 g/mol. The van der Waals surface area contributed by atoms with E-state index in [1.807, 2.05) is 0 Å². The number of carbonyl (C=O) groups excluding carboxylic acids is 1. The molecule has 1 N–H and O–H groups in total. The normalized spacial score (nSPS) is 11.9. The highest BCUT2D eigenvalue weighted by molar-refractivity contribution is 5.95. The third-order valence-corrected chi connectivity index (χ3v) is 2.10. The molecule has 1 unspecified atom stereocenters. The Morgan fingerprint density at radius 2 is 2.00 bits per heavy atom. The molecule has 0 saturated heterocycles. The smallest absolute Gasteiger partial charge is 0.331 e. The van der Waals surface area contributed by atoms with Gasteiger partial charge in [0, 0.05) is 12.7 Å². The van der Waals surface area contributed by atoms with E-state index in [0.717, 1.165) is 0 Å². The first kappa shape index (κ1) is 13.1. The molecule has 0 aliphatic rings. The molecule has 1 aromatic carbocycles. The van der Waals surface area contributed by atoms with E-state index in [2.05, 4.69) is 4.74 Å². The third-order valence-electron chi connectivity index (χ3n) is 2.10. The summed E-state index contributed by atoms with van der Waals surface area (Å²) in [6.07, 6.45) is 0. The summed E-state index contributed by atoms with van der Waals surface area (Å²) in [5.74, 6) is -2.46. The topological polar surface area (TPSA) is 66.8 Å². The van der Waals surface area contributed by atoms with E-state index in [4.69, 9.17) is 5.11 Å². The molecule has 0 spiro atoms. The van der Waals surface area contributed by atoms with Crippen LogP contribution in [0.4, 0.5) is 4.48 Å². The number of nitrogens with zero attached hydrogens (tertiary/aromatic N) is 1. The van der Waals surface area contributed by atoms with Crippen LogP contribution in [0, 0.1) is 0 Å². The fourth-order valence-electron chi connectivity index (χ4n) is 1.24. The van der Waals surface area contributed by atoms with Crippen LogP contribution < -0.4 is 0 Å². The van der Waals surface area contributed by atoms with E-state index in [-0.39, 0.29) is 10.7 Å². The predicted molar refractivity (Wildman–Crippen MR) is 57.0 cm³/mol. The van der Waals surface area contributed by atoms with Gasteiger partial charge in [0.2, 0.25) is 0 Å². The van der Waals surface area contributed by atoms with Gasteiger partial charge in [-0.2, -0.15) is 5.12 Å². The van der Waals surface area contributed by atoms with Crippen LogP contribution >= 0.6 is 0 Å². The lowest BCUT2D eigenvalue weighted by atomic mass is 10.2. The van der Waals surface area contributed by atoms with Gasteiger partial charge in [-0.3, -0.25) is 4.79 Å². The Morgan fingerprint density at radius 3 is 2.47 bits per heavy atom. The minimum absolute atomic E-state index is 0.0809. The van der Waals surface area contributed by atoms with Crippen molar-refractivity contribution in [3.05, 3.63) is 35.9 Å². The quantitative estimate of drug-likeness (QED) is 0.784. The molecule has 1 rings (SSSR count). The van der Waals surface area contributed by atoms with Crippen LogP contribution in [0.2, 0.25) is 0 Å². The first-order valence-corrected chi connectivity index (χ1v) is 4.84. The maximum atomic E-state index is 13.6. The van der Waals surface area contributed by atoms with Crippen molar-refractivity contribution < 1.29 is 23.9 Å². The van der Waals surface area contributed by atoms with Crippen LogP contribution in [0.25, 0.3) is 0 Å². The number of halogens is 1. The Kier molecular flexibility index (Phi) is 4.59. The van der Waals surface area contributed by atoms with E-state index in [1.54, 1.807) is 18.2 Å². The number of hydrogen-bond acceptors (Lipinski definition) is 3. The lowest BCUT2D eigenvalue weighted by Gasteiger charge is -2.19. The molecule has 0 bridgehead atoms. The maximum absolute atomic E-state index is 13.6. The number of benzene rings is 1. The summed E-state index contributed by atoms with van der Waals surface area (Å²) < 4.78 is 18.2. The van der Waals surface area contributed by atoms with Crippen molar-refractivity contribution in [1.82, 2.24) is 5.12 Å². The van der Waals surface area contributed by atoms with Crippen molar-refractivity contribution in [2.24, 2.45) is 0 Å². The molecule has 0 aromatic heterocycles. The second kappa shape index (κ2) is 5.95. The Labute approximate surface area is 97.3 Å². The Bertz CT molecular complexity index is 396. The van der Waals surface area contributed by atoms with E-state index in [0.29, 0.717) is 0 Å². The number of methoxy groups -OCH3 is 1. The van der Waals surface area contributed by atoms with Gasteiger partial charge in [0.1, 0.15) is 0 Å². The summed E-state index contributed by atoms with van der Waals surface area (Å²) in [5.41, 5.74) is 0.0809. The molecule has 0 aliphatic heterocycles. The van der Waals surface area contributed by atoms with Crippen molar-refractivity contribution in [3.63, 3.8) is 0 Å². The van der Waals surface area contributed by atoms with Crippen molar-refractivity contribution in [1.29, 1.82) is 0 Å². The molecular formula is C11H12FNO4. The molecule has 0 fully saturated rings. The van der Waals surface area contributed by atoms with E-state index >= 15 is 0 Å². The largest absolute Gasteiger partial charge is 0.480 e. The van der Waals surface area contributed by atoms with Gasteiger partial charge < -0.3 is 9.84 Å². The fourth-order valence-corrected chi connectivity index (χ4v) is 1.24. The fraction of sp³-hybridized carbons (Fsp3) is 0.273. The average Bonchev–Trinajstić information content (AvgIpc) is 2.35. The molecule has 1 amide bonds. The Morgan fingerprint density at radius 1 is 1.41 bits per heavy atom. The second-order valence-corrected chi connectivity index (χ2v) is 3.29. The van der Waals surface area contributed by atoms with Gasteiger partial charge in [0.05, 0.1) is 6.61 Å². The highest BCUT2D eigenvalue weighted by Gasteiger charge is 2.30. The van der Waals surface area contributed by atoms with Gasteiger partial charge in [0.25, 0.3) is 5.91 Å². The molecule has 5 nitrogen and oxygen atoms in total. The second-order valence-electron chi connectivity index (χ2n) is 3.29. The highest BCUT2D eigenvalue weighted by Crippen LogP contribution is 2.09. The van der Waals surface area contributed by atoms with Gasteiger partial charge in [-0.25, -0.2) is 4.79 Å². The van der Waals surface area contributed by atoms with Gasteiger partial charge in [-0.05, 0) is 12.1 Å². The summed E-state index contributed by atoms with van der Waals surface area (Å²) in [6, 6.07) is 5.96. The number of carboxylic acid groups (broad SMARTS) is 1. The number of amides is 1. The Balaban J connectivity index is 2.84. The lowest BCUT2D eigenvalue weighted by molar-refractivity contribution is -0.150. The molecule has 0 aliphatic carbocycles. The standard InChI is InChI=1S/C11H12FNO4/c1-17-7-9(11(15)16)13(12)10(14)8-5-3-2-4-6-8/h2-6,9H,7H2,1H3,(H,15,16). The van der Waals surface area contributed by atoms with Gasteiger partial charge in [0.15, 0.2) is 6.04 Å². The van der Waals surface area contributed by atoms with Gasteiger partial charge in [-0.15, -0.1) is 0 Å². The van der Waals surface area contributed by atoms with Gasteiger partial charge >= 0.3 is 5.97 Å². The van der Waals surface area contributed by atoms with Crippen molar-refractivity contribution in [2.45, 2.75) is 6.04 Å². The number of rotatable bonds is 5. The minimum atomic E-state index is -1.65. The highest BCUT2D eigenvalue weighted by atomic mass is 19.2. The first-order chi connectivity index (χ1) is 8.07. The zero-order valence-electron chi connectivity index (χ0n) is 9.17. The number of carbonyl (C=O) groups is 2. The van der Waals surface area contributed by atoms with Crippen molar-refractivity contribution >= 4 is 11.9 Å². The zero-order valence-corrected chi connectivity index (χ0v) is 9.17. The van der Waals surface area contributed by atoms with Crippen LogP contribution in [0.15, 0.2) is 30.3 Å². The summed E-state index contributed by atoms with van der Waals surface area (Å²) in [6.45, 7) is -0.412. The lowest BCUT2D eigenvalue weighted by Crippen LogP contribution is -2.42. The monoisotopic (exact) mass is 241 g/mol. The molecule has 1 atom stereocenters. The SMILES string of the molecule is COCC(C(=O)O)N(F)C(=O)c1ccccc1. The van der Waals surface area contributed by atoms with E-state index in [9.17, 15) is 14.1 Å². The van der Waals surface area contributed by atoms with E-state index < -0.39 is 24.5 Å². The van der Waals surface area contributed by atoms with E-state index in [1.165, 1.54) is 19.2 Å². The summed E-state index contributed by atoms with van der Waals surface area (Å²) in [4.78, 5) is 22.4. The van der Waals surface area contributed by atoms with Crippen LogP contribution in [0.1, 0.15) is 10.4 Å². The van der Waals surface area contributed by atoms with Crippen LogP contribution in [-0.4, -0.2) is 41.9 Å². The van der Waals surface area contributed by atoms with Crippen molar-refractivity contribution in [2.75, 3.05) is 13.7 Å². The zero-order chi connectivity index (χ0) is 12.8. The molecule has 17 heavy (non-hydrogen) atoms. The van der Waals surface area contributed by atoms with Crippen LogP contribution in [0.5, 0.6) is 0 Å². The molecule has 0 radical (unpaired) electrons. The molecule has 6 heteroatoms. The molecule has 0 heterocycles.